The van der Waals surface area contributed by atoms with Gasteiger partial charge in [-0.05, 0) is 32.9 Å². The maximum atomic E-state index is 11.5. The molecule has 6 heteroatoms. The lowest BCUT2D eigenvalue weighted by atomic mass is 10.1. The van der Waals surface area contributed by atoms with Crippen LogP contribution >= 0.6 is 0 Å². The first kappa shape index (κ1) is 16.1. The first-order valence-electron chi connectivity index (χ1n) is 6.45. The fourth-order valence-electron chi connectivity index (χ4n) is 1.76. The van der Waals surface area contributed by atoms with E-state index in [0.29, 0.717) is 13.2 Å². The quantitative estimate of drug-likeness (QED) is 0.436. The summed E-state index contributed by atoms with van der Waals surface area (Å²) in [5, 5.41) is 10.9. The molecule has 0 unspecified atom stereocenters. The minimum absolute atomic E-state index is 0.129. The minimum Gasteiger partial charge on any atom is -0.377 e. The molecular formula is C14H20N2O4. The highest BCUT2D eigenvalue weighted by Gasteiger charge is 2.18. The molecular weight excluding hydrogens is 260 g/mol. The van der Waals surface area contributed by atoms with E-state index < -0.39 is 4.92 Å². The van der Waals surface area contributed by atoms with Gasteiger partial charge in [0.25, 0.3) is 5.69 Å². The van der Waals surface area contributed by atoms with Crippen LogP contribution in [0.2, 0.25) is 0 Å². The Kier molecular flexibility index (Phi) is 5.64. The zero-order valence-electron chi connectivity index (χ0n) is 12.3. The molecule has 0 atom stereocenters. The van der Waals surface area contributed by atoms with Crippen LogP contribution in [0.15, 0.2) is 18.2 Å². The molecule has 0 N–H and O–H groups in total. The zero-order valence-corrected chi connectivity index (χ0v) is 12.3. The normalized spacial score (nSPS) is 10.7. The third-order valence-corrected chi connectivity index (χ3v) is 2.87. The van der Waals surface area contributed by atoms with Crippen LogP contribution in [-0.2, 0) is 4.74 Å². The van der Waals surface area contributed by atoms with Crippen LogP contribution in [0.4, 0.5) is 11.4 Å². The number of nitro groups is 1. The highest BCUT2D eigenvalue weighted by atomic mass is 16.6. The Morgan fingerprint density at radius 3 is 2.60 bits per heavy atom. The fraction of sp³-hybridized carbons (Fsp3) is 0.500. The Labute approximate surface area is 118 Å². The van der Waals surface area contributed by atoms with Gasteiger partial charge in [-0.2, -0.15) is 0 Å². The van der Waals surface area contributed by atoms with Crippen molar-refractivity contribution in [2.24, 2.45) is 0 Å². The van der Waals surface area contributed by atoms with Crippen molar-refractivity contribution in [2.45, 2.75) is 26.9 Å². The van der Waals surface area contributed by atoms with Crippen LogP contribution in [0.3, 0.4) is 0 Å². The molecule has 0 aliphatic rings. The fourth-order valence-corrected chi connectivity index (χ4v) is 1.76. The van der Waals surface area contributed by atoms with Crippen LogP contribution in [-0.4, -0.2) is 37.0 Å². The second-order valence-corrected chi connectivity index (χ2v) is 4.86. The molecule has 1 aromatic rings. The topological polar surface area (TPSA) is 72.7 Å². The van der Waals surface area contributed by atoms with Gasteiger partial charge in [0.2, 0.25) is 0 Å². The van der Waals surface area contributed by atoms with Crippen molar-refractivity contribution in [3.8, 4) is 0 Å². The van der Waals surface area contributed by atoms with E-state index in [0.717, 1.165) is 5.69 Å². The monoisotopic (exact) mass is 280 g/mol. The molecule has 0 bridgehead atoms. The second-order valence-electron chi connectivity index (χ2n) is 4.86. The maximum absolute atomic E-state index is 11.5. The summed E-state index contributed by atoms with van der Waals surface area (Å²) in [6, 6.07) is 4.56. The number of carbonyl (C=O) groups excluding carboxylic acids is 1. The molecule has 0 amide bonds. The molecule has 6 nitrogen and oxygen atoms in total. The van der Waals surface area contributed by atoms with Gasteiger partial charge in [-0.25, -0.2) is 0 Å². The van der Waals surface area contributed by atoms with E-state index in [1.807, 2.05) is 25.8 Å². The summed E-state index contributed by atoms with van der Waals surface area (Å²) in [6.45, 7) is 6.45. The van der Waals surface area contributed by atoms with Crippen LogP contribution in [0.5, 0.6) is 0 Å². The van der Waals surface area contributed by atoms with E-state index in [1.54, 1.807) is 12.1 Å². The van der Waals surface area contributed by atoms with Gasteiger partial charge in [-0.15, -0.1) is 0 Å². The summed E-state index contributed by atoms with van der Waals surface area (Å²) in [5.41, 5.74) is 0.727. The van der Waals surface area contributed by atoms with E-state index in [4.69, 9.17) is 4.74 Å². The highest BCUT2D eigenvalue weighted by Crippen LogP contribution is 2.24. The molecule has 20 heavy (non-hydrogen) atoms. The molecule has 110 valence electrons. The van der Waals surface area contributed by atoms with Gasteiger partial charge in [0.05, 0.1) is 23.2 Å². The third kappa shape index (κ3) is 4.31. The minimum atomic E-state index is -0.539. The second kappa shape index (κ2) is 7.00. The molecule has 0 fully saturated rings. The number of ketones is 1. The molecule has 0 aromatic heterocycles. The van der Waals surface area contributed by atoms with Crippen molar-refractivity contribution in [3.63, 3.8) is 0 Å². The molecule has 0 saturated heterocycles. The molecule has 0 spiro atoms. The molecule has 0 aliphatic carbocycles. The number of nitrogens with zero attached hydrogens (tertiary/aromatic N) is 2. The first-order chi connectivity index (χ1) is 9.32. The molecule has 1 aromatic carbocycles. The molecule has 0 aliphatic heterocycles. The predicted octanol–water partition coefficient (Wildman–Crippen LogP) is 2.66. The van der Waals surface area contributed by atoms with Gasteiger partial charge in [0.1, 0.15) is 0 Å². The van der Waals surface area contributed by atoms with E-state index >= 15 is 0 Å². The summed E-state index contributed by atoms with van der Waals surface area (Å²) in [6.07, 6.45) is 0.160. The number of ether oxygens (including phenoxy) is 1. The van der Waals surface area contributed by atoms with Gasteiger partial charge < -0.3 is 9.64 Å². The van der Waals surface area contributed by atoms with Crippen LogP contribution < -0.4 is 4.90 Å². The summed E-state index contributed by atoms with van der Waals surface area (Å²) in [7, 11) is 1.86. The lowest BCUT2D eigenvalue weighted by Gasteiger charge is -2.20. The first-order valence-corrected chi connectivity index (χ1v) is 6.45. The Hall–Kier alpha value is -1.95. The van der Waals surface area contributed by atoms with Crippen molar-refractivity contribution in [1.29, 1.82) is 0 Å². The molecule has 0 radical (unpaired) electrons. The number of hydrogen-bond donors (Lipinski definition) is 0. The highest BCUT2D eigenvalue weighted by molar-refractivity contribution is 5.99. The van der Waals surface area contributed by atoms with Crippen molar-refractivity contribution in [3.05, 3.63) is 33.9 Å². The number of rotatable bonds is 7. The Morgan fingerprint density at radius 2 is 2.10 bits per heavy atom. The van der Waals surface area contributed by atoms with Crippen LogP contribution in [0, 0.1) is 10.1 Å². The number of nitro benzene ring substituents is 1. The molecule has 0 heterocycles. The number of benzene rings is 1. The zero-order chi connectivity index (χ0) is 15.3. The van der Waals surface area contributed by atoms with Crippen molar-refractivity contribution in [2.75, 3.05) is 25.1 Å². The number of Topliss-reactive ketones (excluding diaryl/α,β-unsaturated/α-hetero) is 1. The Morgan fingerprint density at radius 1 is 1.45 bits per heavy atom. The number of carbonyl (C=O) groups is 1. The van der Waals surface area contributed by atoms with Gasteiger partial charge in [0.15, 0.2) is 5.78 Å². The van der Waals surface area contributed by atoms with E-state index in [2.05, 4.69) is 0 Å². The van der Waals surface area contributed by atoms with Gasteiger partial charge in [-0.1, -0.05) is 0 Å². The maximum Gasteiger partial charge on any atom is 0.280 e. The SMILES string of the molecule is CC(=O)c1cc(N(C)CCOC(C)C)ccc1[N+](=O)[O-]. The van der Waals surface area contributed by atoms with E-state index in [9.17, 15) is 14.9 Å². The lowest BCUT2D eigenvalue weighted by molar-refractivity contribution is -0.385. The molecule has 1 rings (SSSR count). The predicted molar refractivity (Wildman–Crippen MR) is 77.5 cm³/mol. The Bertz CT molecular complexity index is 500. The number of anilines is 1. The standard InChI is InChI=1S/C14H20N2O4/c1-10(2)20-8-7-15(4)12-5-6-14(16(18)19)13(9-12)11(3)17/h5-6,9-10H,7-8H2,1-4H3. The van der Waals surface area contributed by atoms with Gasteiger partial charge in [-0.3, -0.25) is 14.9 Å². The average Bonchev–Trinajstić information content (AvgIpc) is 2.37. The Balaban J connectivity index is 2.88. The van der Waals surface area contributed by atoms with E-state index in [1.165, 1.54) is 13.0 Å². The summed E-state index contributed by atoms with van der Waals surface area (Å²) in [5.74, 6) is -0.314. The van der Waals surface area contributed by atoms with Crippen molar-refractivity contribution < 1.29 is 14.5 Å². The average molecular weight is 280 g/mol. The summed E-state index contributed by atoms with van der Waals surface area (Å²) < 4.78 is 5.46. The summed E-state index contributed by atoms with van der Waals surface area (Å²) >= 11 is 0. The van der Waals surface area contributed by atoms with Crippen molar-refractivity contribution in [1.82, 2.24) is 0 Å². The number of hydrogen-bond acceptors (Lipinski definition) is 5. The largest absolute Gasteiger partial charge is 0.377 e. The molecule has 0 saturated carbocycles. The van der Waals surface area contributed by atoms with Crippen LogP contribution in [0.25, 0.3) is 0 Å². The van der Waals surface area contributed by atoms with Gasteiger partial charge in [0, 0.05) is 25.3 Å². The van der Waals surface area contributed by atoms with Crippen molar-refractivity contribution >= 4 is 17.2 Å². The van der Waals surface area contributed by atoms with E-state index in [-0.39, 0.29) is 23.1 Å². The number of likely N-dealkylation sites (N-methyl/N-ethyl adjacent to an activating group) is 1. The van der Waals surface area contributed by atoms with Gasteiger partial charge >= 0.3 is 0 Å². The third-order valence-electron chi connectivity index (χ3n) is 2.87. The van der Waals surface area contributed by atoms with Crippen LogP contribution in [0.1, 0.15) is 31.1 Å². The summed E-state index contributed by atoms with van der Waals surface area (Å²) in [4.78, 5) is 23.7. The smallest absolute Gasteiger partial charge is 0.280 e. The lowest BCUT2D eigenvalue weighted by Crippen LogP contribution is -2.24.